The summed E-state index contributed by atoms with van der Waals surface area (Å²) < 4.78 is 25.3. The van der Waals surface area contributed by atoms with Gasteiger partial charge in [0.05, 0.1) is 5.60 Å². The van der Waals surface area contributed by atoms with Crippen molar-refractivity contribution in [1.29, 1.82) is 0 Å². The molecule has 7 nitrogen and oxygen atoms in total. The molecule has 0 saturated carbocycles. The molecule has 0 aromatic rings. The van der Waals surface area contributed by atoms with Crippen LogP contribution in [0, 0.1) is 17.8 Å². The highest BCUT2D eigenvalue weighted by Gasteiger charge is 2.52. The number of esters is 1. The van der Waals surface area contributed by atoms with Crippen LogP contribution in [0.1, 0.15) is 81.1 Å². The zero-order valence-electron chi connectivity index (χ0n) is 22.0. The summed E-state index contributed by atoms with van der Waals surface area (Å²) >= 11 is 1.73. The lowest BCUT2D eigenvalue weighted by Crippen LogP contribution is -2.62. The summed E-state index contributed by atoms with van der Waals surface area (Å²) in [7, 11) is 1.49. The first kappa shape index (κ1) is 31.4. The molecule has 0 radical (unpaired) electrons. The first-order valence-corrected chi connectivity index (χ1v) is 13.4. The number of hydrogen-bond acceptors (Lipinski definition) is 7. The minimum atomic E-state index is -2.89. The topological polar surface area (TPSA) is 102 Å². The molecule has 0 bridgehead atoms. The number of carbonyl (C=O) groups is 3. The number of halogens is 2. The second kappa shape index (κ2) is 12.1. The van der Waals surface area contributed by atoms with E-state index in [1.807, 2.05) is 13.8 Å². The van der Waals surface area contributed by atoms with Crippen LogP contribution in [-0.4, -0.2) is 62.8 Å². The molecule has 1 aliphatic rings. The molecule has 2 N–H and O–H groups in total. The maximum Gasteiger partial charge on any atom is 0.352 e. The van der Waals surface area contributed by atoms with Gasteiger partial charge in [-0.2, -0.15) is 0 Å². The van der Waals surface area contributed by atoms with E-state index in [0.29, 0.717) is 6.42 Å². The van der Waals surface area contributed by atoms with Gasteiger partial charge in [0.15, 0.2) is 9.89 Å². The van der Waals surface area contributed by atoms with Crippen molar-refractivity contribution in [3.63, 3.8) is 0 Å². The molecule has 1 saturated heterocycles. The molecule has 34 heavy (non-hydrogen) atoms. The van der Waals surface area contributed by atoms with Gasteiger partial charge in [0.25, 0.3) is 5.67 Å². The summed E-state index contributed by atoms with van der Waals surface area (Å²) in [6, 6.07) is -0.766. The Kier molecular flexibility index (Phi) is 11.1. The Hall–Kier alpha value is -0.650. The Labute approximate surface area is 217 Å². The number of alkyl halides is 2. The summed E-state index contributed by atoms with van der Waals surface area (Å²) in [5, 5.41) is 14.9. The van der Waals surface area contributed by atoms with Crippen LogP contribution in [0.3, 0.4) is 0 Å². The second-order valence-corrected chi connectivity index (χ2v) is 11.7. The van der Waals surface area contributed by atoms with Gasteiger partial charge in [0.2, 0.25) is 0 Å². The highest BCUT2D eigenvalue weighted by molar-refractivity contribution is 14.1. The van der Waals surface area contributed by atoms with Crippen molar-refractivity contribution < 1.29 is 33.4 Å². The normalized spacial score (nSPS) is 41.3. The fraction of sp³-hybridized carbons (Fsp3) is 0.880. The summed E-state index contributed by atoms with van der Waals surface area (Å²) in [5.41, 5.74) is -5.50. The second-order valence-electron chi connectivity index (χ2n) is 10.5. The van der Waals surface area contributed by atoms with E-state index in [0.717, 1.165) is 19.8 Å². The van der Waals surface area contributed by atoms with Crippen molar-refractivity contribution in [2.24, 2.45) is 17.8 Å². The lowest BCUT2D eigenvalue weighted by Gasteiger charge is -2.43. The van der Waals surface area contributed by atoms with E-state index in [4.69, 9.17) is 9.47 Å². The van der Waals surface area contributed by atoms with Crippen LogP contribution in [0.2, 0.25) is 0 Å². The summed E-state index contributed by atoms with van der Waals surface area (Å²) in [4.78, 5) is 39.3. The first-order chi connectivity index (χ1) is 15.5. The number of methoxy groups -OCH3 is 1. The Morgan fingerprint density at radius 2 is 1.62 bits per heavy atom. The van der Waals surface area contributed by atoms with E-state index >= 15 is 4.39 Å². The molecular weight excluding hydrogens is 556 g/mol. The maximum absolute atomic E-state index is 15.5. The van der Waals surface area contributed by atoms with Gasteiger partial charge in [-0.25, -0.2) is 9.18 Å². The van der Waals surface area contributed by atoms with Crippen LogP contribution < -0.4 is 5.32 Å². The molecule has 0 aromatic carbocycles. The summed E-state index contributed by atoms with van der Waals surface area (Å²) in [5.74, 6) is -4.28. The standard InChI is InChI=1S/C25H43FINO6/c1-10-17(11-2)28-19-16(5)18(29)14(3)12-23(6,33-9)13-15(4)20(30)24(7,26)22(31)34-21(27)25(19,8)32/h14-17,19,21,28,32H,10-13H2,1-9H3/t14-,15-,16+,19-,21+,23-,24+,25+/m1/s1. The highest BCUT2D eigenvalue weighted by Crippen LogP contribution is 2.36. The van der Waals surface area contributed by atoms with Crippen molar-refractivity contribution in [2.45, 2.75) is 114 Å². The van der Waals surface area contributed by atoms with E-state index in [-0.39, 0.29) is 18.2 Å². The van der Waals surface area contributed by atoms with Gasteiger partial charge >= 0.3 is 5.97 Å². The molecule has 9 heteroatoms. The molecule has 1 aliphatic heterocycles. The van der Waals surface area contributed by atoms with Crippen molar-refractivity contribution >= 4 is 40.1 Å². The van der Waals surface area contributed by atoms with Gasteiger partial charge < -0.3 is 19.9 Å². The van der Waals surface area contributed by atoms with Crippen LogP contribution >= 0.6 is 22.6 Å². The first-order valence-electron chi connectivity index (χ1n) is 12.1. The van der Waals surface area contributed by atoms with Crippen molar-refractivity contribution in [3.05, 3.63) is 0 Å². The zero-order valence-corrected chi connectivity index (χ0v) is 24.2. The Bertz CT molecular complexity index is 741. The average Bonchev–Trinajstić information content (AvgIpc) is 2.77. The minimum absolute atomic E-state index is 0.0123. The molecule has 1 rings (SSSR count). The van der Waals surface area contributed by atoms with E-state index in [1.54, 1.807) is 50.3 Å². The van der Waals surface area contributed by atoms with Gasteiger partial charge in [-0.3, -0.25) is 9.59 Å². The van der Waals surface area contributed by atoms with Crippen LogP contribution in [0.25, 0.3) is 0 Å². The van der Waals surface area contributed by atoms with Crippen LogP contribution in [0.15, 0.2) is 0 Å². The Morgan fingerprint density at radius 3 is 2.09 bits per heavy atom. The molecule has 0 unspecified atom stereocenters. The molecular formula is C25H43FINO6. The minimum Gasteiger partial charge on any atom is -0.446 e. The fourth-order valence-electron chi connectivity index (χ4n) is 4.98. The number of ether oxygens (including phenoxy) is 2. The Morgan fingerprint density at radius 1 is 1.12 bits per heavy atom. The Balaban J connectivity index is 3.60. The van der Waals surface area contributed by atoms with E-state index < -0.39 is 56.5 Å². The summed E-state index contributed by atoms with van der Waals surface area (Å²) in [6.45, 7) is 13.2. The van der Waals surface area contributed by atoms with Gasteiger partial charge in [-0.05, 0) is 69.0 Å². The van der Waals surface area contributed by atoms with Crippen LogP contribution in [-0.2, 0) is 23.9 Å². The number of rotatable bonds is 5. The fourth-order valence-corrected chi connectivity index (χ4v) is 5.60. The van der Waals surface area contributed by atoms with Crippen molar-refractivity contribution in [1.82, 2.24) is 5.32 Å². The van der Waals surface area contributed by atoms with Crippen molar-refractivity contribution in [2.75, 3.05) is 7.11 Å². The van der Waals surface area contributed by atoms with Gasteiger partial charge in [-0.15, -0.1) is 0 Å². The van der Waals surface area contributed by atoms with E-state index in [1.165, 1.54) is 14.0 Å². The highest BCUT2D eigenvalue weighted by atomic mass is 127. The van der Waals surface area contributed by atoms with Crippen LogP contribution in [0.4, 0.5) is 4.39 Å². The third-order valence-corrected chi connectivity index (χ3v) is 8.91. The van der Waals surface area contributed by atoms with Gasteiger partial charge in [0, 0.05) is 36.9 Å². The predicted molar refractivity (Wildman–Crippen MR) is 137 cm³/mol. The zero-order chi connectivity index (χ0) is 26.6. The number of cyclic esters (lactones) is 1. The summed E-state index contributed by atoms with van der Waals surface area (Å²) in [6.07, 6.45) is 1.98. The SMILES string of the molecule is CCC(CC)N[C@@H]1[C@@H](C)C(=O)[C@H](C)C[C@@](C)(OC)C[C@@H](C)C(=O)[C@](C)(F)C(=O)O[C@H](I)[C@@]1(C)O. The number of hydrogen-bond donors (Lipinski definition) is 2. The van der Waals surface area contributed by atoms with Gasteiger partial charge in [0.1, 0.15) is 11.4 Å². The number of Topliss-reactive ketones (excluding diaryl/α,β-unsaturated/α-hetero) is 2. The van der Waals surface area contributed by atoms with E-state index in [9.17, 15) is 19.5 Å². The lowest BCUT2D eigenvalue weighted by molar-refractivity contribution is -0.173. The quantitative estimate of drug-likeness (QED) is 0.212. The third-order valence-electron chi connectivity index (χ3n) is 7.40. The molecule has 0 amide bonds. The number of nitrogens with one attached hydrogen (secondary N) is 1. The average molecular weight is 600 g/mol. The molecule has 0 aromatic heterocycles. The third kappa shape index (κ3) is 6.97. The molecule has 0 aliphatic carbocycles. The number of ketones is 2. The number of aliphatic hydroxyl groups is 1. The maximum atomic E-state index is 15.5. The van der Waals surface area contributed by atoms with Crippen molar-refractivity contribution in [3.8, 4) is 0 Å². The van der Waals surface area contributed by atoms with E-state index in [2.05, 4.69) is 5.32 Å². The van der Waals surface area contributed by atoms with Crippen LogP contribution in [0.5, 0.6) is 0 Å². The molecule has 8 atom stereocenters. The predicted octanol–water partition coefficient (Wildman–Crippen LogP) is 4.16. The molecule has 1 heterocycles. The monoisotopic (exact) mass is 599 g/mol. The number of carbonyl (C=O) groups excluding carboxylic acids is 3. The smallest absolute Gasteiger partial charge is 0.352 e. The molecule has 1 fully saturated rings. The lowest BCUT2D eigenvalue weighted by atomic mass is 9.75. The molecule has 198 valence electrons. The largest absolute Gasteiger partial charge is 0.446 e. The molecule has 0 spiro atoms. The van der Waals surface area contributed by atoms with Gasteiger partial charge in [-0.1, -0.05) is 34.6 Å².